The number of rotatable bonds is 4. The van der Waals surface area contributed by atoms with E-state index in [2.05, 4.69) is 0 Å². The molecule has 0 amide bonds. The lowest BCUT2D eigenvalue weighted by Gasteiger charge is -2.44. The number of allylic oxidation sites excluding steroid dienone is 1. The molecule has 0 aliphatic heterocycles. The van der Waals surface area contributed by atoms with Crippen LogP contribution in [0.1, 0.15) is 57.3 Å². The fraction of sp³-hybridized carbons (Fsp3) is 0.565. The number of aliphatic hydroxyl groups is 1. The monoisotopic (exact) mass is 386 g/mol. The molecule has 28 heavy (non-hydrogen) atoms. The number of benzene rings is 1. The predicted octanol–water partition coefficient (Wildman–Crippen LogP) is 3.94. The minimum Gasteiger partial charge on any atom is -0.497 e. The number of methoxy groups -OCH3 is 1. The predicted molar refractivity (Wildman–Crippen MR) is 106 cm³/mol. The average Bonchev–Trinajstić information content (AvgIpc) is 2.82. The third kappa shape index (κ3) is 3.16. The summed E-state index contributed by atoms with van der Waals surface area (Å²) in [5.41, 5.74) is -0.944. The van der Waals surface area contributed by atoms with E-state index in [9.17, 15) is 14.7 Å². The highest BCUT2D eigenvalue weighted by Crippen LogP contribution is 2.56. The molecule has 0 bridgehead atoms. The van der Waals surface area contributed by atoms with Crippen molar-refractivity contribution in [2.75, 3.05) is 7.11 Å². The Balaban J connectivity index is 1.96. The highest BCUT2D eigenvalue weighted by molar-refractivity contribution is 5.93. The zero-order valence-electron chi connectivity index (χ0n) is 17.3. The molecule has 0 unspecified atom stereocenters. The van der Waals surface area contributed by atoms with Crippen molar-refractivity contribution in [2.45, 2.75) is 58.7 Å². The maximum absolute atomic E-state index is 13.1. The molecule has 1 fully saturated rings. The smallest absolute Gasteiger partial charge is 0.338 e. The molecule has 4 atom stereocenters. The van der Waals surface area contributed by atoms with Crippen LogP contribution < -0.4 is 4.74 Å². The number of ether oxygens (including phenoxy) is 2. The van der Waals surface area contributed by atoms with E-state index in [1.54, 1.807) is 38.3 Å². The highest BCUT2D eigenvalue weighted by atomic mass is 16.5. The minimum atomic E-state index is -1.20. The SMILES string of the molecule is COc1ccc(C(=O)O[C@@H]2C=C(C)CC[C@]3(O)[C@@H](C(C)C)CC(=O)[C@@]23C)cc1. The van der Waals surface area contributed by atoms with Gasteiger partial charge < -0.3 is 14.6 Å². The van der Waals surface area contributed by atoms with Crippen LogP contribution in [-0.4, -0.2) is 35.7 Å². The van der Waals surface area contributed by atoms with E-state index in [1.807, 2.05) is 26.8 Å². The number of carbonyl (C=O) groups is 2. The van der Waals surface area contributed by atoms with Gasteiger partial charge in [-0.15, -0.1) is 0 Å². The first-order chi connectivity index (χ1) is 13.1. The van der Waals surface area contributed by atoms with Crippen LogP contribution >= 0.6 is 0 Å². The van der Waals surface area contributed by atoms with E-state index >= 15 is 0 Å². The van der Waals surface area contributed by atoms with Gasteiger partial charge in [0.25, 0.3) is 0 Å². The van der Waals surface area contributed by atoms with E-state index in [-0.39, 0.29) is 17.6 Å². The summed E-state index contributed by atoms with van der Waals surface area (Å²) in [4.78, 5) is 25.9. The summed E-state index contributed by atoms with van der Waals surface area (Å²) in [7, 11) is 1.56. The summed E-state index contributed by atoms with van der Waals surface area (Å²) in [6.07, 6.45) is 2.54. The maximum atomic E-state index is 13.1. The number of fused-ring (bicyclic) bond motifs is 1. The Morgan fingerprint density at radius 3 is 2.46 bits per heavy atom. The molecule has 0 spiro atoms. The standard InChI is InChI=1S/C23H30O5/c1-14(2)18-13-19(24)22(4)20(12-15(3)10-11-23(18,22)26)28-21(25)16-6-8-17(27-5)9-7-16/h6-9,12,14,18,20,26H,10-11,13H2,1-5H3/t18-,20-,22+,23+/m1/s1. The largest absolute Gasteiger partial charge is 0.497 e. The third-order valence-electron chi connectivity index (χ3n) is 6.77. The van der Waals surface area contributed by atoms with Crippen molar-refractivity contribution >= 4 is 11.8 Å². The van der Waals surface area contributed by atoms with Crippen molar-refractivity contribution in [1.82, 2.24) is 0 Å². The first-order valence-electron chi connectivity index (χ1n) is 9.91. The van der Waals surface area contributed by atoms with Gasteiger partial charge in [-0.3, -0.25) is 4.79 Å². The number of esters is 1. The van der Waals surface area contributed by atoms with Gasteiger partial charge in [-0.1, -0.05) is 19.4 Å². The number of ketones is 1. The van der Waals surface area contributed by atoms with Gasteiger partial charge in [-0.2, -0.15) is 0 Å². The van der Waals surface area contributed by atoms with Gasteiger partial charge in [0.1, 0.15) is 17.6 Å². The van der Waals surface area contributed by atoms with Crippen molar-refractivity contribution in [3.05, 3.63) is 41.5 Å². The molecule has 0 heterocycles. The summed E-state index contributed by atoms with van der Waals surface area (Å²) in [6.45, 7) is 7.78. The van der Waals surface area contributed by atoms with Crippen molar-refractivity contribution in [2.24, 2.45) is 17.3 Å². The molecule has 0 radical (unpaired) electrons. The van der Waals surface area contributed by atoms with Crippen LogP contribution in [0.5, 0.6) is 5.75 Å². The first kappa shape index (κ1) is 20.6. The van der Waals surface area contributed by atoms with Crippen LogP contribution in [0.3, 0.4) is 0 Å². The molecular formula is C23H30O5. The van der Waals surface area contributed by atoms with Crippen molar-refractivity contribution < 1.29 is 24.2 Å². The number of Topliss-reactive ketones (excluding diaryl/α,β-unsaturated/α-hetero) is 1. The number of hydrogen-bond acceptors (Lipinski definition) is 5. The lowest BCUT2D eigenvalue weighted by atomic mass is 9.65. The number of hydrogen-bond donors (Lipinski definition) is 1. The molecule has 3 rings (SSSR count). The van der Waals surface area contributed by atoms with E-state index in [1.165, 1.54) is 0 Å². The van der Waals surface area contributed by atoms with Gasteiger partial charge >= 0.3 is 5.97 Å². The van der Waals surface area contributed by atoms with Gasteiger partial charge in [-0.05, 0) is 68.9 Å². The lowest BCUT2D eigenvalue weighted by molar-refractivity contribution is -0.155. The second-order valence-electron chi connectivity index (χ2n) is 8.67. The van der Waals surface area contributed by atoms with Gasteiger partial charge in [0.2, 0.25) is 0 Å². The Labute approximate surface area is 166 Å². The average molecular weight is 386 g/mol. The fourth-order valence-corrected chi connectivity index (χ4v) is 4.80. The van der Waals surface area contributed by atoms with Crippen molar-refractivity contribution in [1.29, 1.82) is 0 Å². The quantitative estimate of drug-likeness (QED) is 0.627. The highest BCUT2D eigenvalue weighted by Gasteiger charge is 2.66. The molecule has 0 aromatic heterocycles. The zero-order chi connectivity index (χ0) is 20.7. The van der Waals surface area contributed by atoms with Crippen LogP contribution in [0.25, 0.3) is 0 Å². The molecule has 2 aliphatic rings. The third-order valence-corrected chi connectivity index (χ3v) is 6.77. The lowest BCUT2D eigenvalue weighted by Crippen LogP contribution is -2.56. The molecule has 5 nitrogen and oxygen atoms in total. The summed E-state index contributed by atoms with van der Waals surface area (Å²) < 4.78 is 11.0. The van der Waals surface area contributed by atoms with Crippen molar-refractivity contribution in [3.63, 3.8) is 0 Å². The fourth-order valence-electron chi connectivity index (χ4n) is 4.80. The Morgan fingerprint density at radius 1 is 1.25 bits per heavy atom. The minimum absolute atomic E-state index is 0.0350. The Kier molecular flexibility index (Phi) is 5.41. The molecule has 1 aromatic rings. The molecule has 2 aliphatic carbocycles. The van der Waals surface area contributed by atoms with Crippen LogP contribution in [0.4, 0.5) is 0 Å². The van der Waals surface area contributed by atoms with Crippen LogP contribution in [0.15, 0.2) is 35.9 Å². The van der Waals surface area contributed by atoms with E-state index in [0.717, 1.165) is 5.57 Å². The van der Waals surface area contributed by atoms with Gasteiger partial charge in [0, 0.05) is 6.42 Å². The Bertz CT molecular complexity index is 794. The summed E-state index contributed by atoms with van der Waals surface area (Å²) in [5, 5.41) is 11.7. The van der Waals surface area contributed by atoms with Crippen LogP contribution in [0.2, 0.25) is 0 Å². The second kappa shape index (κ2) is 7.36. The summed E-state index contributed by atoms with van der Waals surface area (Å²) in [6, 6.07) is 6.66. The van der Waals surface area contributed by atoms with Crippen LogP contribution in [-0.2, 0) is 9.53 Å². The normalized spacial score (nSPS) is 32.5. The molecule has 0 saturated heterocycles. The zero-order valence-corrected chi connectivity index (χ0v) is 17.3. The van der Waals surface area contributed by atoms with Gasteiger partial charge in [-0.25, -0.2) is 4.79 Å². The van der Waals surface area contributed by atoms with E-state index in [0.29, 0.717) is 30.6 Å². The molecule has 5 heteroatoms. The molecule has 1 saturated carbocycles. The first-order valence-corrected chi connectivity index (χ1v) is 9.91. The maximum Gasteiger partial charge on any atom is 0.338 e. The number of carbonyl (C=O) groups excluding carboxylic acids is 2. The second-order valence-corrected chi connectivity index (χ2v) is 8.67. The molecular weight excluding hydrogens is 356 g/mol. The van der Waals surface area contributed by atoms with E-state index in [4.69, 9.17) is 9.47 Å². The van der Waals surface area contributed by atoms with Crippen molar-refractivity contribution in [3.8, 4) is 5.75 Å². The van der Waals surface area contributed by atoms with Gasteiger partial charge in [0.05, 0.1) is 23.7 Å². The Morgan fingerprint density at radius 2 is 1.89 bits per heavy atom. The molecule has 1 aromatic carbocycles. The van der Waals surface area contributed by atoms with Crippen LogP contribution in [0, 0.1) is 17.3 Å². The Hall–Kier alpha value is -2.14. The summed E-state index contributed by atoms with van der Waals surface area (Å²) >= 11 is 0. The molecule has 152 valence electrons. The van der Waals surface area contributed by atoms with E-state index < -0.39 is 23.1 Å². The topological polar surface area (TPSA) is 72.8 Å². The summed E-state index contributed by atoms with van der Waals surface area (Å²) in [5.74, 6) is 0.114. The molecule has 1 N–H and O–H groups in total. The van der Waals surface area contributed by atoms with Gasteiger partial charge in [0.15, 0.2) is 0 Å².